The van der Waals surface area contributed by atoms with Gasteiger partial charge in [0.25, 0.3) is 0 Å². The monoisotopic (exact) mass is 358 g/mol. The van der Waals surface area contributed by atoms with Gasteiger partial charge in [0.2, 0.25) is 10.0 Å². The molecule has 1 rings (SSSR count). The summed E-state index contributed by atoms with van der Waals surface area (Å²) in [4.78, 5) is 14.3. The molecule has 0 fully saturated rings. The molecule has 0 bridgehead atoms. The first kappa shape index (κ1) is 19.4. The standard InChI is InChI=1S/C15H22N2O4S2/c1-6-13-14(8-9-16(3)23(5,19)20)22-11-12(17(13)4)10-15(18)21-7-2/h6,8-9,11H,1,7,10H2,2-5H3/b9-8+. The van der Waals surface area contributed by atoms with Crippen molar-refractivity contribution in [3.63, 3.8) is 0 Å². The molecule has 0 spiro atoms. The van der Waals surface area contributed by atoms with Crippen LogP contribution in [0.3, 0.4) is 0 Å². The molecule has 1 heterocycles. The highest BCUT2D eigenvalue weighted by atomic mass is 32.2. The largest absolute Gasteiger partial charge is 0.466 e. The van der Waals surface area contributed by atoms with Crippen LogP contribution in [0.4, 0.5) is 0 Å². The number of nitrogens with zero attached hydrogens (tertiary/aromatic N) is 2. The minimum absolute atomic E-state index is 0.176. The zero-order valence-electron chi connectivity index (χ0n) is 13.8. The minimum atomic E-state index is -3.28. The quantitative estimate of drug-likeness (QED) is 0.651. The Morgan fingerprint density at radius 3 is 2.70 bits per heavy atom. The molecule has 128 valence electrons. The molecule has 0 atom stereocenters. The van der Waals surface area contributed by atoms with Crippen LogP contribution in [0.1, 0.15) is 13.3 Å². The van der Waals surface area contributed by atoms with Gasteiger partial charge in [-0.25, -0.2) is 8.42 Å². The Labute approximate surface area is 142 Å². The average Bonchev–Trinajstić information content (AvgIpc) is 2.46. The molecule has 0 aromatic heterocycles. The zero-order valence-corrected chi connectivity index (χ0v) is 15.4. The van der Waals surface area contributed by atoms with Crippen LogP contribution in [0.5, 0.6) is 0 Å². The van der Waals surface area contributed by atoms with Crippen LogP contribution < -0.4 is 0 Å². The van der Waals surface area contributed by atoms with Crippen LogP contribution in [0.25, 0.3) is 0 Å². The molecule has 6 nitrogen and oxygen atoms in total. The molecule has 0 radical (unpaired) electrons. The van der Waals surface area contributed by atoms with Crippen LogP contribution in [-0.4, -0.2) is 50.6 Å². The Morgan fingerprint density at radius 2 is 2.17 bits per heavy atom. The van der Waals surface area contributed by atoms with Gasteiger partial charge in [-0.3, -0.25) is 9.10 Å². The molecule has 0 unspecified atom stereocenters. The number of ether oxygens (including phenoxy) is 1. The summed E-state index contributed by atoms with van der Waals surface area (Å²) >= 11 is 1.41. The molecule has 23 heavy (non-hydrogen) atoms. The van der Waals surface area contributed by atoms with E-state index in [0.717, 1.165) is 26.9 Å². The van der Waals surface area contributed by atoms with E-state index in [0.29, 0.717) is 6.61 Å². The maximum atomic E-state index is 11.6. The third-order valence-electron chi connectivity index (χ3n) is 3.15. The van der Waals surface area contributed by atoms with Crippen molar-refractivity contribution in [3.8, 4) is 0 Å². The number of sulfonamides is 1. The molecular weight excluding hydrogens is 336 g/mol. The predicted octanol–water partition coefficient (Wildman–Crippen LogP) is 2.26. The topological polar surface area (TPSA) is 66.9 Å². The molecule has 0 aromatic carbocycles. The van der Waals surface area contributed by atoms with Gasteiger partial charge < -0.3 is 9.64 Å². The number of thioether (sulfide) groups is 1. The van der Waals surface area contributed by atoms with E-state index in [9.17, 15) is 13.2 Å². The van der Waals surface area contributed by atoms with Crippen LogP contribution in [-0.2, 0) is 19.6 Å². The van der Waals surface area contributed by atoms with E-state index in [2.05, 4.69) is 6.58 Å². The van der Waals surface area contributed by atoms with E-state index in [1.807, 2.05) is 17.4 Å². The fourth-order valence-corrected chi connectivity index (χ4v) is 3.02. The molecule has 0 aliphatic carbocycles. The third kappa shape index (κ3) is 5.47. The average molecular weight is 358 g/mol. The maximum Gasteiger partial charge on any atom is 0.311 e. The lowest BCUT2D eigenvalue weighted by atomic mass is 10.2. The smallest absolute Gasteiger partial charge is 0.311 e. The number of likely N-dealkylation sites (N-methyl/N-ethyl adjacent to an activating group) is 1. The lowest BCUT2D eigenvalue weighted by Gasteiger charge is -2.28. The first-order valence-corrected chi connectivity index (χ1v) is 9.66. The van der Waals surface area contributed by atoms with Gasteiger partial charge in [0.1, 0.15) is 0 Å². The van der Waals surface area contributed by atoms with Gasteiger partial charge in [-0.15, -0.1) is 0 Å². The molecule has 0 amide bonds. The fourth-order valence-electron chi connectivity index (χ4n) is 1.76. The fraction of sp³-hybridized carbons (Fsp3) is 0.400. The van der Waals surface area contributed by atoms with Crippen LogP contribution in [0, 0.1) is 0 Å². The second-order valence-electron chi connectivity index (χ2n) is 4.82. The number of carbonyl (C=O) groups is 1. The molecule has 8 heteroatoms. The second kappa shape index (κ2) is 8.26. The van der Waals surface area contributed by atoms with Gasteiger partial charge in [-0.1, -0.05) is 18.3 Å². The highest BCUT2D eigenvalue weighted by Crippen LogP contribution is 2.34. The van der Waals surface area contributed by atoms with Gasteiger partial charge >= 0.3 is 5.97 Å². The predicted molar refractivity (Wildman–Crippen MR) is 93.7 cm³/mol. The SMILES string of the molecule is C=CC1=C(/C=C/N(C)S(C)(=O)=O)SC=C(CC(=O)OCC)N1C. The Balaban J connectivity index is 2.93. The van der Waals surface area contributed by atoms with Crippen molar-refractivity contribution >= 4 is 27.8 Å². The van der Waals surface area contributed by atoms with Crippen molar-refractivity contribution in [2.45, 2.75) is 13.3 Å². The van der Waals surface area contributed by atoms with Gasteiger partial charge in [-0.05, 0) is 24.5 Å². The third-order valence-corrected chi connectivity index (χ3v) is 5.31. The Bertz CT molecular complexity index is 663. The Hall–Kier alpha value is -1.67. The normalized spacial score (nSPS) is 15.7. The van der Waals surface area contributed by atoms with Crippen molar-refractivity contribution in [1.29, 1.82) is 0 Å². The van der Waals surface area contributed by atoms with E-state index >= 15 is 0 Å². The van der Waals surface area contributed by atoms with Crippen LogP contribution in [0.15, 0.2) is 46.6 Å². The van der Waals surface area contributed by atoms with Crippen molar-refractivity contribution in [1.82, 2.24) is 9.21 Å². The van der Waals surface area contributed by atoms with E-state index in [1.165, 1.54) is 25.0 Å². The van der Waals surface area contributed by atoms with Crippen molar-refractivity contribution in [2.24, 2.45) is 0 Å². The van der Waals surface area contributed by atoms with Crippen molar-refractivity contribution in [2.75, 3.05) is 27.0 Å². The summed E-state index contributed by atoms with van der Waals surface area (Å²) in [7, 11) is 0.0250. The van der Waals surface area contributed by atoms with Gasteiger partial charge in [0.15, 0.2) is 0 Å². The van der Waals surface area contributed by atoms with Gasteiger partial charge in [0.05, 0.1) is 25.0 Å². The number of rotatable bonds is 7. The highest BCUT2D eigenvalue weighted by Gasteiger charge is 2.20. The lowest BCUT2D eigenvalue weighted by Crippen LogP contribution is -2.22. The Morgan fingerprint density at radius 1 is 1.52 bits per heavy atom. The number of esters is 1. The molecule has 0 saturated heterocycles. The number of hydrogen-bond acceptors (Lipinski definition) is 6. The van der Waals surface area contributed by atoms with E-state index in [4.69, 9.17) is 4.74 Å². The number of carbonyl (C=O) groups excluding carboxylic acids is 1. The molecule has 0 saturated carbocycles. The second-order valence-corrected chi connectivity index (χ2v) is 7.77. The summed E-state index contributed by atoms with van der Waals surface area (Å²) in [6.07, 6.45) is 6.17. The summed E-state index contributed by atoms with van der Waals surface area (Å²) in [5.74, 6) is -0.287. The van der Waals surface area contributed by atoms with E-state index in [-0.39, 0.29) is 12.4 Å². The molecule has 1 aliphatic heterocycles. The zero-order chi connectivity index (χ0) is 17.6. The van der Waals surface area contributed by atoms with E-state index in [1.54, 1.807) is 19.1 Å². The van der Waals surface area contributed by atoms with Crippen molar-refractivity contribution in [3.05, 3.63) is 46.6 Å². The molecule has 0 aromatic rings. The molecular formula is C15H22N2O4S2. The van der Waals surface area contributed by atoms with Crippen LogP contribution >= 0.6 is 11.8 Å². The number of hydrogen-bond donors (Lipinski definition) is 0. The number of allylic oxidation sites excluding steroid dienone is 2. The Kier molecular flexibility index (Phi) is 6.96. The first-order valence-electron chi connectivity index (χ1n) is 6.93. The van der Waals surface area contributed by atoms with Crippen LogP contribution in [0.2, 0.25) is 0 Å². The van der Waals surface area contributed by atoms with Gasteiger partial charge in [-0.2, -0.15) is 0 Å². The van der Waals surface area contributed by atoms with E-state index < -0.39 is 10.0 Å². The van der Waals surface area contributed by atoms with Crippen molar-refractivity contribution < 1.29 is 17.9 Å². The highest BCUT2D eigenvalue weighted by molar-refractivity contribution is 8.06. The first-order chi connectivity index (χ1) is 10.7. The summed E-state index contributed by atoms with van der Waals surface area (Å²) < 4.78 is 28.9. The summed E-state index contributed by atoms with van der Waals surface area (Å²) in [5, 5.41) is 1.85. The lowest BCUT2D eigenvalue weighted by molar-refractivity contribution is -0.142. The summed E-state index contributed by atoms with van der Waals surface area (Å²) in [6, 6.07) is 0. The molecule has 1 aliphatic rings. The molecule has 0 N–H and O–H groups in total. The van der Waals surface area contributed by atoms with Gasteiger partial charge in [0, 0.05) is 30.9 Å². The minimum Gasteiger partial charge on any atom is -0.466 e. The summed E-state index contributed by atoms with van der Waals surface area (Å²) in [6.45, 7) is 5.90. The maximum absolute atomic E-state index is 11.6. The summed E-state index contributed by atoms with van der Waals surface area (Å²) in [5.41, 5.74) is 1.60.